The predicted molar refractivity (Wildman–Crippen MR) is 64.1 cm³/mol. The number of hydrogen-bond donors (Lipinski definition) is 1. The molecule has 90 valence electrons. The highest BCUT2D eigenvalue weighted by Crippen LogP contribution is 2.41. The fourth-order valence-electron chi connectivity index (χ4n) is 1.96. The number of hydrogen-bond acceptors (Lipinski definition) is 4. The van der Waals surface area contributed by atoms with Gasteiger partial charge in [-0.3, -0.25) is 0 Å². The number of ether oxygens (including phenoxy) is 2. The normalized spacial score (nSPS) is 16.1. The lowest BCUT2D eigenvalue weighted by Gasteiger charge is -2.16. The van der Waals surface area contributed by atoms with E-state index in [0.717, 1.165) is 24.8 Å². The Kier molecular flexibility index (Phi) is 2.95. The van der Waals surface area contributed by atoms with E-state index in [9.17, 15) is 0 Å². The smallest absolute Gasteiger partial charge is 0.164 e. The van der Waals surface area contributed by atoms with Gasteiger partial charge in [0.1, 0.15) is 0 Å². The minimum atomic E-state index is -0.119. The van der Waals surface area contributed by atoms with Crippen molar-refractivity contribution in [3.63, 3.8) is 0 Å². The molecule has 0 amide bonds. The summed E-state index contributed by atoms with van der Waals surface area (Å²) in [6.45, 7) is 0. The molecule has 0 spiro atoms. The predicted octanol–water partition coefficient (Wildman–Crippen LogP) is 1.61. The van der Waals surface area contributed by atoms with Crippen LogP contribution < -0.4 is 15.2 Å². The van der Waals surface area contributed by atoms with Gasteiger partial charge in [-0.15, -0.1) is 0 Å². The van der Waals surface area contributed by atoms with E-state index in [1.54, 1.807) is 20.3 Å². The van der Waals surface area contributed by atoms with Crippen LogP contribution in [-0.4, -0.2) is 19.8 Å². The number of rotatable bonds is 4. The lowest BCUT2D eigenvalue weighted by atomic mass is 10.0. The van der Waals surface area contributed by atoms with Crippen LogP contribution in [0.2, 0.25) is 0 Å². The zero-order chi connectivity index (χ0) is 12.5. The molecule has 0 atom stereocenters. The third-order valence-electron chi connectivity index (χ3n) is 3.12. The molecule has 2 N–H and O–H groups in total. The summed E-state index contributed by atoms with van der Waals surface area (Å²) in [5.74, 6) is 1.27. The van der Waals surface area contributed by atoms with E-state index in [-0.39, 0.29) is 5.54 Å². The fourth-order valence-corrected chi connectivity index (χ4v) is 1.96. The molecule has 0 heterocycles. The topological polar surface area (TPSA) is 68.3 Å². The standard InChI is InChI=1S/C13H16N2O2/c1-16-11-6-9(8-14)5-10(12(11)17-2)7-13(15)3-4-13/h5-6H,3-4,7,15H2,1-2H3. The highest BCUT2D eigenvalue weighted by molar-refractivity contribution is 5.53. The molecule has 4 heteroatoms. The second kappa shape index (κ2) is 4.27. The summed E-state index contributed by atoms with van der Waals surface area (Å²) in [5.41, 5.74) is 7.51. The van der Waals surface area contributed by atoms with Gasteiger partial charge in [0, 0.05) is 17.2 Å². The average molecular weight is 232 g/mol. The Bertz CT molecular complexity index is 473. The molecule has 1 saturated carbocycles. The molecule has 4 nitrogen and oxygen atoms in total. The van der Waals surface area contributed by atoms with E-state index >= 15 is 0 Å². The maximum Gasteiger partial charge on any atom is 0.164 e. The maximum atomic E-state index is 8.98. The minimum Gasteiger partial charge on any atom is -0.493 e. The van der Waals surface area contributed by atoms with Gasteiger partial charge in [-0.05, 0) is 25.3 Å². The van der Waals surface area contributed by atoms with Gasteiger partial charge in [0.25, 0.3) is 0 Å². The summed E-state index contributed by atoms with van der Waals surface area (Å²) in [7, 11) is 3.17. The quantitative estimate of drug-likeness (QED) is 0.856. The van der Waals surface area contributed by atoms with Crippen molar-refractivity contribution in [2.24, 2.45) is 5.73 Å². The van der Waals surface area contributed by atoms with Crippen molar-refractivity contribution in [1.82, 2.24) is 0 Å². The van der Waals surface area contributed by atoms with Gasteiger partial charge < -0.3 is 15.2 Å². The first-order valence-electron chi connectivity index (χ1n) is 5.56. The van der Waals surface area contributed by atoms with Crippen LogP contribution >= 0.6 is 0 Å². The van der Waals surface area contributed by atoms with E-state index in [1.165, 1.54) is 0 Å². The lowest BCUT2D eigenvalue weighted by molar-refractivity contribution is 0.350. The van der Waals surface area contributed by atoms with Crippen LogP contribution in [0.4, 0.5) is 0 Å². The third-order valence-corrected chi connectivity index (χ3v) is 3.12. The Morgan fingerprint density at radius 1 is 1.35 bits per heavy atom. The van der Waals surface area contributed by atoms with E-state index in [2.05, 4.69) is 6.07 Å². The first kappa shape index (κ1) is 11.7. The molecule has 0 radical (unpaired) electrons. The van der Waals surface area contributed by atoms with Crippen molar-refractivity contribution in [2.75, 3.05) is 14.2 Å². The molecule has 0 bridgehead atoms. The highest BCUT2D eigenvalue weighted by Gasteiger charge is 2.39. The van der Waals surface area contributed by atoms with Gasteiger partial charge in [-0.1, -0.05) is 0 Å². The molecule has 1 aliphatic carbocycles. The van der Waals surface area contributed by atoms with Gasteiger partial charge in [-0.2, -0.15) is 5.26 Å². The summed E-state index contributed by atoms with van der Waals surface area (Å²) < 4.78 is 10.6. The molecule has 1 aromatic carbocycles. The molecule has 2 rings (SSSR count). The second-order valence-corrected chi connectivity index (χ2v) is 4.52. The molecule has 0 aromatic heterocycles. The summed E-state index contributed by atoms with van der Waals surface area (Å²) in [4.78, 5) is 0. The van der Waals surface area contributed by atoms with Crippen LogP contribution in [0, 0.1) is 11.3 Å². The molecule has 0 saturated heterocycles. The first-order valence-corrected chi connectivity index (χ1v) is 5.56. The summed E-state index contributed by atoms with van der Waals surface area (Å²) in [5, 5.41) is 8.98. The number of nitrogens with two attached hydrogens (primary N) is 1. The van der Waals surface area contributed by atoms with Crippen molar-refractivity contribution in [3.05, 3.63) is 23.3 Å². The Morgan fingerprint density at radius 2 is 2.06 bits per heavy atom. The number of nitriles is 1. The maximum absolute atomic E-state index is 8.98. The Hall–Kier alpha value is -1.73. The Labute approximate surface area is 101 Å². The van der Waals surface area contributed by atoms with Crippen molar-refractivity contribution in [3.8, 4) is 17.6 Å². The second-order valence-electron chi connectivity index (χ2n) is 4.52. The molecule has 0 unspecified atom stereocenters. The fraction of sp³-hybridized carbons (Fsp3) is 0.462. The Morgan fingerprint density at radius 3 is 2.53 bits per heavy atom. The summed E-state index contributed by atoms with van der Waals surface area (Å²) in [6.07, 6.45) is 2.77. The molecule has 17 heavy (non-hydrogen) atoms. The molecule has 0 aliphatic heterocycles. The van der Waals surface area contributed by atoms with Gasteiger partial charge in [0.15, 0.2) is 11.5 Å². The monoisotopic (exact) mass is 232 g/mol. The van der Waals surface area contributed by atoms with Gasteiger partial charge in [-0.25, -0.2) is 0 Å². The van der Waals surface area contributed by atoms with Crippen molar-refractivity contribution >= 4 is 0 Å². The van der Waals surface area contributed by atoms with Gasteiger partial charge in [0.05, 0.1) is 25.9 Å². The molecule has 1 fully saturated rings. The molecular formula is C13H16N2O2. The van der Waals surface area contributed by atoms with Crippen LogP contribution in [0.15, 0.2) is 12.1 Å². The first-order chi connectivity index (χ1) is 8.11. The number of methoxy groups -OCH3 is 2. The SMILES string of the molecule is COc1cc(C#N)cc(CC2(N)CC2)c1OC. The van der Waals surface area contributed by atoms with Crippen LogP contribution in [0.25, 0.3) is 0 Å². The van der Waals surface area contributed by atoms with Crippen LogP contribution in [0.3, 0.4) is 0 Å². The van der Waals surface area contributed by atoms with Crippen LogP contribution in [0.5, 0.6) is 11.5 Å². The summed E-state index contributed by atoms with van der Waals surface area (Å²) in [6, 6.07) is 5.63. The third kappa shape index (κ3) is 2.34. The van der Waals surface area contributed by atoms with Crippen molar-refractivity contribution < 1.29 is 9.47 Å². The van der Waals surface area contributed by atoms with E-state index in [4.69, 9.17) is 20.5 Å². The largest absolute Gasteiger partial charge is 0.493 e. The zero-order valence-corrected chi connectivity index (χ0v) is 10.1. The molecular weight excluding hydrogens is 216 g/mol. The number of nitrogens with zero attached hydrogens (tertiary/aromatic N) is 1. The highest BCUT2D eigenvalue weighted by atomic mass is 16.5. The molecule has 1 aliphatic rings. The number of benzene rings is 1. The van der Waals surface area contributed by atoms with Gasteiger partial charge in [0.2, 0.25) is 0 Å². The van der Waals surface area contributed by atoms with Crippen molar-refractivity contribution in [2.45, 2.75) is 24.8 Å². The summed E-state index contributed by atoms with van der Waals surface area (Å²) >= 11 is 0. The van der Waals surface area contributed by atoms with Gasteiger partial charge >= 0.3 is 0 Å². The van der Waals surface area contributed by atoms with E-state index in [1.807, 2.05) is 6.07 Å². The average Bonchev–Trinajstić information content (AvgIpc) is 3.05. The van der Waals surface area contributed by atoms with Crippen LogP contribution in [-0.2, 0) is 6.42 Å². The van der Waals surface area contributed by atoms with Crippen molar-refractivity contribution in [1.29, 1.82) is 5.26 Å². The van der Waals surface area contributed by atoms with Crippen LogP contribution in [0.1, 0.15) is 24.0 Å². The lowest BCUT2D eigenvalue weighted by Crippen LogP contribution is -2.24. The van der Waals surface area contributed by atoms with E-state index < -0.39 is 0 Å². The molecule has 1 aromatic rings. The zero-order valence-electron chi connectivity index (χ0n) is 10.1. The van der Waals surface area contributed by atoms with E-state index in [0.29, 0.717) is 17.1 Å². The minimum absolute atomic E-state index is 0.119. The Balaban J connectivity index is 2.43.